The van der Waals surface area contributed by atoms with E-state index in [1.54, 1.807) is 6.20 Å². The van der Waals surface area contributed by atoms with E-state index in [1.807, 2.05) is 54.6 Å². The molecule has 0 atom stereocenters. The zero-order valence-corrected chi connectivity index (χ0v) is 11.2. The smallest absolute Gasteiger partial charge is 0.238 e. The molecule has 0 radical (unpaired) electrons. The number of hydrogen-bond donors (Lipinski definition) is 0. The van der Waals surface area contributed by atoms with Gasteiger partial charge in [0.2, 0.25) is 5.88 Å². The lowest BCUT2D eigenvalue weighted by Crippen LogP contribution is -1.90. The molecule has 3 aromatic carbocycles. The van der Waals surface area contributed by atoms with Crippen LogP contribution in [0.15, 0.2) is 72.9 Å². The van der Waals surface area contributed by atoms with E-state index >= 15 is 0 Å². The van der Waals surface area contributed by atoms with Crippen molar-refractivity contribution in [2.45, 2.75) is 0 Å². The van der Waals surface area contributed by atoms with Crippen LogP contribution in [0.25, 0.3) is 21.8 Å². The predicted molar refractivity (Wildman–Crippen MR) is 83.6 cm³/mol. The number of nitrogens with zero attached hydrogens (tertiary/aromatic N) is 2. The predicted octanol–water partition coefficient (Wildman–Crippen LogP) is 4.58. The van der Waals surface area contributed by atoms with Gasteiger partial charge in [0.1, 0.15) is 5.75 Å². The summed E-state index contributed by atoms with van der Waals surface area (Å²) in [7, 11) is 0. The van der Waals surface area contributed by atoms with Gasteiger partial charge < -0.3 is 4.74 Å². The van der Waals surface area contributed by atoms with E-state index in [0.29, 0.717) is 5.88 Å². The highest BCUT2D eigenvalue weighted by Gasteiger charge is 2.03. The summed E-state index contributed by atoms with van der Waals surface area (Å²) >= 11 is 0. The number of fused-ring (bicyclic) bond motifs is 2. The van der Waals surface area contributed by atoms with Crippen LogP contribution in [0, 0.1) is 0 Å². The molecule has 0 unspecified atom stereocenters. The molecule has 100 valence electrons. The van der Waals surface area contributed by atoms with E-state index in [-0.39, 0.29) is 0 Å². The van der Waals surface area contributed by atoms with Crippen LogP contribution in [-0.4, -0.2) is 9.97 Å². The molecule has 0 amide bonds. The van der Waals surface area contributed by atoms with Gasteiger partial charge in [0, 0.05) is 0 Å². The third-order valence-electron chi connectivity index (χ3n) is 3.37. The SMILES string of the molecule is c1ccc2cc(Oc3cnc4ccccc4n3)ccc2c1. The normalized spacial score (nSPS) is 10.9. The maximum atomic E-state index is 5.82. The van der Waals surface area contributed by atoms with Gasteiger partial charge >= 0.3 is 0 Å². The minimum atomic E-state index is 0.504. The molecule has 1 heterocycles. The van der Waals surface area contributed by atoms with Crippen molar-refractivity contribution in [2.24, 2.45) is 0 Å². The number of benzene rings is 3. The average Bonchev–Trinajstić information content (AvgIpc) is 2.55. The Labute approximate surface area is 121 Å². The minimum Gasteiger partial charge on any atom is -0.437 e. The highest BCUT2D eigenvalue weighted by atomic mass is 16.5. The van der Waals surface area contributed by atoms with Gasteiger partial charge in [0.25, 0.3) is 0 Å². The first-order chi connectivity index (χ1) is 10.4. The van der Waals surface area contributed by atoms with Crippen LogP contribution in [0.3, 0.4) is 0 Å². The highest BCUT2D eigenvalue weighted by molar-refractivity contribution is 5.83. The molecule has 0 saturated carbocycles. The number of ether oxygens (including phenoxy) is 1. The Balaban J connectivity index is 1.71. The maximum absolute atomic E-state index is 5.82. The third kappa shape index (κ3) is 2.30. The molecule has 0 bridgehead atoms. The summed E-state index contributed by atoms with van der Waals surface area (Å²) in [6.07, 6.45) is 1.65. The molecule has 1 aromatic heterocycles. The van der Waals surface area contributed by atoms with E-state index in [2.05, 4.69) is 22.1 Å². The first-order valence-corrected chi connectivity index (χ1v) is 6.77. The summed E-state index contributed by atoms with van der Waals surface area (Å²) in [5, 5.41) is 2.33. The molecule has 0 saturated heterocycles. The Kier molecular flexibility index (Phi) is 2.75. The molecule has 4 rings (SSSR count). The van der Waals surface area contributed by atoms with E-state index in [9.17, 15) is 0 Å². The van der Waals surface area contributed by atoms with Gasteiger partial charge in [-0.15, -0.1) is 0 Å². The molecule has 0 spiro atoms. The van der Waals surface area contributed by atoms with Crippen LogP contribution in [0.1, 0.15) is 0 Å². The Morgan fingerprint density at radius 1 is 0.714 bits per heavy atom. The van der Waals surface area contributed by atoms with Crippen molar-refractivity contribution in [1.82, 2.24) is 9.97 Å². The van der Waals surface area contributed by atoms with Crippen LogP contribution in [-0.2, 0) is 0 Å². The zero-order chi connectivity index (χ0) is 14.1. The lowest BCUT2D eigenvalue weighted by atomic mass is 10.1. The quantitative estimate of drug-likeness (QED) is 0.536. The molecule has 0 aliphatic rings. The van der Waals surface area contributed by atoms with E-state index in [1.165, 1.54) is 5.39 Å². The maximum Gasteiger partial charge on any atom is 0.238 e. The van der Waals surface area contributed by atoms with E-state index < -0.39 is 0 Å². The molecule has 0 N–H and O–H groups in total. The van der Waals surface area contributed by atoms with Crippen LogP contribution in [0.5, 0.6) is 11.6 Å². The molecular formula is C18H12N2O. The minimum absolute atomic E-state index is 0.504. The standard InChI is InChI=1S/C18H12N2O/c1-2-6-14-11-15(10-9-13(14)5-1)21-18-12-19-16-7-3-4-8-17(16)20-18/h1-12H. The van der Waals surface area contributed by atoms with Crippen molar-refractivity contribution >= 4 is 21.8 Å². The second-order valence-corrected chi connectivity index (χ2v) is 4.81. The fraction of sp³-hybridized carbons (Fsp3) is 0. The molecule has 0 fully saturated rings. The summed E-state index contributed by atoms with van der Waals surface area (Å²) in [4.78, 5) is 8.82. The number of aromatic nitrogens is 2. The van der Waals surface area contributed by atoms with Gasteiger partial charge in [-0.2, -0.15) is 0 Å². The van der Waals surface area contributed by atoms with E-state index in [4.69, 9.17) is 4.74 Å². The molecule has 0 aliphatic carbocycles. The Morgan fingerprint density at radius 3 is 2.38 bits per heavy atom. The summed E-state index contributed by atoms with van der Waals surface area (Å²) in [6, 6.07) is 21.9. The second kappa shape index (κ2) is 4.87. The first kappa shape index (κ1) is 11.9. The lowest BCUT2D eigenvalue weighted by Gasteiger charge is -2.06. The van der Waals surface area contributed by atoms with Gasteiger partial charge in [-0.3, -0.25) is 0 Å². The van der Waals surface area contributed by atoms with Crippen LogP contribution in [0.4, 0.5) is 0 Å². The summed E-state index contributed by atoms with van der Waals surface area (Å²) < 4.78 is 5.82. The van der Waals surface area contributed by atoms with Crippen molar-refractivity contribution in [3.05, 3.63) is 72.9 Å². The van der Waals surface area contributed by atoms with Crippen molar-refractivity contribution in [1.29, 1.82) is 0 Å². The molecule has 4 aromatic rings. The van der Waals surface area contributed by atoms with Gasteiger partial charge in [0.15, 0.2) is 0 Å². The van der Waals surface area contributed by atoms with Gasteiger partial charge in [0.05, 0.1) is 17.2 Å². The summed E-state index contributed by atoms with van der Waals surface area (Å²) in [6.45, 7) is 0. The van der Waals surface area contributed by atoms with Crippen molar-refractivity contribution in [3.63, 3.8) is 0 Å². The number of hydrogen-bond acceptors (Lipinski definition) is 3. The number of para-hydroxylation sites is 2. The topological polar surface area (TPSA) is 35.0 Å². The van der Waals surface area contributed by atoms with E-state index in [0.717, 1.165) is 22.2 Å². The monoisotopic (exact) mass is 272 g/mol. The van der Waals surface area contributed by atoms with Gasteiger partial charge in [-0.05, 0) is 35.0 Å². The van der Waals surface area contributed by atoms with Crippen molar-refractivity contribution in [2.75, 3.05) is 0 Å². The van der Waals surface area contributed by atoms with Crippen molar-refractivity contribution in [3.8, 4) is 11.6 Å². The van der Waals surface area contributed by atoms with Crippen LogP contribution < -0.4 is 4.74 Å². The molecule has 3 nitrogen and oxygen atoms in total. The zero-order valence-electron chi connectivity index (χ0n) is 11.2. The third-order valence-corrected chi connectivity index (χ3v) is 3.37. The fourth-order valence-electron chi connectivity index (χ4n) is 2.34. The van der Waals surface area contributed by atoms with Crippen molar-refractivity contribution < 1.29 is 4.74 Å². The number of rotatable bonds is 2. The largest absolute Gasteiger partial charge is 0.437 e. The van der Waals surface area contributed by atoms with Gasteiger partial charge in [-0.1, -0.05) is 42.5 Å². The highest BCUT2D eigenvalue weighted by Crippen LogP contribution is 2.25. The molecular weight excluding hydrogens is 260 g/mol. The Morgan fingerprint density at radius 2 is 1.48 bits per heavy atom. The summed E-state index contributed by atoms with van der Waals surface area (Å²) in [5.74, 6) is 1.27. The van der Waals surface area contributed by atoms with Crippen LogP contribution >= 0.6 is 0 Å². The average molecular weight is 272 g/mol. The second-order valence-electron chi connectivity index (χ2n) is 4.81. The molecule has 0 aliphatic heterocycles. The summed E-state index contributed by atoms with van der Waals surface area (Å²) in [5.41, 5.74) is 1.69. The van der Waals surface area contributed by atoms with Crippen LogP contribution in [0.2, 0.25) is 0 Å². The fourth-order valence-corrected chi connectivity index (χ4v) is 2.34. The molecule has 21 heavy (non-hydrogen) atoms. The Hall–Kier alpha value is -2.94. The van der Waals surface area contributed by atoms with Gasteiger partial charge in [-0.25, -0.2) is 9.97 Å². The first-order valence-electron chi connectivity index (χ1n) is 6.77. The molecule has 3 heteroatoms. The Bertz CT molecular complexity index is 857. The lowest BCUT2D eigenvalue weighted by molar-refractivity contribution is 0.463.